The highest BCUT2D eigenvalue weighted by Gasteiger charge is 2.32. The van der Waals surface area contributed by atoms with E-state index in [1.54, 1.807) is 30.2 Å². The average molecular weight is 335 g/mol. The predicted octanol–water partition coefficient (Wildman–Crippen LogP) is 3.43. The van der Waals surface area contributed by atoms with Crippen molar-refractivity contribution in [2.75, 3.05) is 11.4 Å². The Hall–Kier alpha value is -2.57. The maximum Gasteiger partial charge on any atom is 0.416 e. The summed E-state index contributed by atoms with van der Waals surface area (Å²) in [6.07, 6.45) is 3.27. The maximum atomic E-state index is 12.8. The number of amides is 1. The van der Waals surface area contributed by atoms with Crippen LogP contribution in [0.4, 0.5) is 18.9 Å². The van der Waals surface area contributed by atoms with E-state index < -0.39 is 11.7 Å². The SMILES string of the molecule is Cn1cc(C=CC(=O)N2CCCc3cc(C(F)(F)F)ccc32)cn1. The van der Waals surface area contributed by atoms with E-state index in [9.17, 15) is 18.0 Å². The van der Waals surface area contributed by atoms with Crippen molar-refractivity contribution < 1.29 is 18.0 Å². The van der Waals surface area contributed by atoms with Gasteiger partial charge in [-0.15, -0.1) is 0 Å². The van der Waals surface area contributed by atoms with Crippen LogP contribution in [-0.4, -0.2) is 22.2 Å². The van der Waals surface area contributed by atoms with Gasteiger partial charge in [-0.05, 0) is 42.7 Å². The number of benzene rings is 1. The zero-order valence-corrected chi connectivity index (χ0v) is 13.0. The van der Waals surface area contributed by atoms with Crippen LogP contribution in [0.15, 0.2) is 36.7 Å². The number of hydrogen-bond donors (Lipinski definition) is 0. The zero-order valence-electron chi connectivity index (χ0n) is 13.0. The Morgan fingerprint density at radius 2 is 2.12 bits per heavy atom. The second-order valence-corrected chi connectivity index (χ2v) is 5.72. The lowest BCUT2D eigenvalue weighted by Gasteiger charge is -2.29. The van der Waals surface area contributed by atoms with Crippen LogP contribution >= 0.6 is 0 Å². The molecule has 0 unspecified atom stereocenters. The fraction of sp³-hybridized carbons (Fsp3) is 0.294. The van der Waals surface area contributed by atoms with Gasteiger partial charge in [-0.25, -0.2) is 0 Å². The Morgan fingerprint density at radius 1 is 1.33 bits per heavy atom. The van der Waals surface area contributed by atoms with E-state index in [0.29, 0.717) is 30.6 Å². The lowest BCUT2D eigenvalue weighted by atomic mass is 9.99. The van der Waals surface area contributed by atoms with Crippen LogP contribution in [-0.2, 0) is 24.4 Å². The smallest absolute Gasteiger partial charge is 0.309 e. The van der Waals surface area contributed by atoms with Gasteiger partial charge in [0.25, 0.3) is 5.91 Å². The van der Waals surface area contributed by atoms with Crippen molar-refractivity contribution in [3.8, 4) is 0 Å². The van der Waals surface area contributed by atoms with Crippen molar-refractivity contribution in [2.24, 2.45) is 7.05 Å². The number of halogens is 3. The number of rotatable bonds is 2. The highest BCUT2D eigenvalue weighted by Crippen LogP contribution is 2.35. The molecule has 1 aromatic carbocycles. The molecule has 1 aliphatic heterocycles. The molecule has 1 aliphatic rings. The van der Waals surface area contributed by atoms with Crippen LogP contribution in [0.2, 0.25) is 0 Å². The first-order valence-corrected chi connectivity index (χ1v) is 7.53. The molecule has 3 rings (SSSR count). The molecule has 0 aliphatic carbocycles. The fourth-order valence-electron chi connectivity index (χ4n) is 2.79. The van der Waals surface area contributed by atoms with Crippen molar-refractivity contribution in [2.45, 2.75) is 19.0 Å². The topological polar surface area (TPSA) is 38.1 Å². The number of hydrogen-bond acceptors (Lipinski definition) is 2. The monoisotopic (exact) mass is 335 g/mol. The maximum absolute atomic E-state index is 12.8. The first-order chi connectivity index (χ1) is 11.3. The summed E-state index contributed by atoms with van der Waals surface area (Å²) < 4.78 is 40.1. The average Bonchev–Trinajstić information content (AvgIpc) is 2.96. The van der Waals surface area contributed by atoms with Gasteiger partial charge in [0.15, 0.2) is 0 Å². The van der Waals surface area contributed by atoms with Gasteiger partial charge in [-0.2, -0.15) is 18.3 Å². The number of aryl methyl sites for hydroxylation is 2. The molecule has 0 radical (unpaired) electrons. The molecule has 0 bridgehead atoms. The van der Waals surface area contributed by atoms with Crippen LogP contribution in [0, 0.1) is 0 Å². The van der Waals surface area contributed by atoms with Crippen molar-refractivity contribution in [1.29, 1.82) is 0 Å². The lowest BCUT2D eigenvalue weighted by molar-refractivity contribution is -0.137. The van der Waals surface area contributed by atoms with Gasteiger partial charge < -0.3 is 4.90 Å². The molecule has 0 atom stereocenters. The lowest BCUT2D eigenvalue weighted by Crippen LogP contribution is -2.34. The molecule has 0 spiro atoms. The van der Waals surface area contributed by atoms with E-state index in [1.807, 2.05) is 0 Å². The number of fused-ring (bicyclic) bond motifs is 1. The molecule has 4 nitrogen and oxygen atoms in total. The van der Waals surface area contributed by atoms with Crippen molar-refractivity contribution in [3.05, 3.63) is 53.4 Å². The van der Waals surface area contributed by atoms with Gasteiger partial charge in [0.1, 0.15) is 0 Å². The standard InChI is InChI=1S/C17H16F3N3O/c1-22-11-12(10-21-22)4-7-16(24)23-8-2-3-13-9-14(17(18,19)20)5-6-15(13)23/h4-7,9-11H,2-3,8H2,1H3. The van der Waals surface area contributed by atoms with Gasteiger partial charge in [-0.3, -0.25) is 9.48 Å². The summed E-state index contributed by atoms with van der Waals surface area (Å²) in [6.45, 7) is 0.495. The third-order valence-corrected chi connectivity index (χ3v) is 3.93. The van der Waals surface area contributed by atoms with Gasteiger partial charge in [0.2, 0.25) is 0 Å². The number of carbonyl (C=O) groups excluding carboxylic acids is 1. The molecule has 24 heavy (non-hydrogen) atoms. The largest absolute Gasteiger partial charge is 0.416 e. The quantitative estimate of drug-likeness (QED) is 0.789. The van der Waals surface area contributed by atoms with E-state index >= 15 is 0 Å². The molecule has 1 aromatic heterocycles. The normalized spacial score (nSPS) is 14.9. The number of anilines is 1. The van der Waals surface area contributed by atoms with E-state index in [-0.39, 0.29) is 5.91 Å². The minimum Gasteiger partial charge on any atom is -0.309 e. The molecule has 0 saturated carbocycles. The molecular formula is C17H16F3N3O. The summed E-state index contributed by atoms with van der Waals surface area (Å²) in [4.78, 5) is 13.9. The van der Waals surface area contributed by atoms with Crippen molar-refractivity contribution in [3.63, 3.8) is 0 Å². The molecule has 126 valence electrons. The second-order valence-electron chi connectivity index (χ2n) is 5.72. The Labute approximate surface area is 137 Å². The fourth-order valence-corrected chi connectivity index (χ4v) is 2.79. The van der Waals surface area contributed by atoms with Gasteiger partial charge >= 0.3 is 6.18 Å². The molecule has 0 saturated heterocycles. The number of nitrogens with zero attached hydrogens (tertiary/aromatic N) is 3. The third-order valence-electron chi connectivity index (χ3n) is 3.93. The Bertz CT molecular complexity index is 793. The minimum atomic E-state index is -4.37. The molecule has 7 heteroatoms. The van der Waals surface area contributed by atoms with Crippen LogP contribution in [0.1, 0.15) is 23.1 Å². The molecule has 2 heterocycles. The summed E-state index contributed by atoms with van der Waals surface area (Å²) in [5.41, 5.74) is 1.21. The molecule has 0 N–H and O–H groups in total. The molecule has 0 fully saturated rings. The van der Waals surface area contributed by atoms with Crippen LogP contribution in [0.25, 0.3) is 6.08 Å². The molecular weight excluding hydrogens is 319 g/mol. The first-order valence-electron chi connectivity index (χ1n) is 7.53. The van der Waals surface area contributed by atoms with E-state index in [0.717, 1.165) is 17.7 Å². The van der Waals surface area contributed by atoms with E-state index in [2.05, 4.69) is 5.10 Å². The van der Waals surface area contributed by atoms with E-state index in [4.69, 9.17) is 0 Å². The van der Waals surface area contributed by atoms with Gasteiger partial charge in [0.05, 0.1) is 11.8 Å². The van der Waals surface area contributed by atoms with Crippen LogP contribution in [0.3, 0.4) is 0 Å². The zero-order chi connectivity index (χ0) is 17.3. The summed E-state index contributed by atoms with van der Waals surface area (Å²) in [7, 11) is 1.78. The number of alkyl halides is 3. The third kappa shape index (κ3) is 3.34. The Kier molecular flexibility index (Phi) is 4.17. The van der Waals surface area contributed by atoms with Crippen molar-refractivity contribution >= 4 is 17.7 Å². The Balaban J connectivity index is 1.83. The minimum absolute atomic E-state index is 0.250. The molecule has 2 aromatic rings. The molecule has 1 amide bonds. The summed E-state index contributed by atoms with van der Waals surface area (Å²) >= 11 is 0. The summed E-state index contributed by atoms with van der Waals surface area (Å²) in [6, 6.07) is 3.54. The number of carbonyl (C=O) groups is 1. The summed E-state index contributed by atoms with van der Waals surface area (Å²) in [5, 5.41) is 4.01. The second kappa shape index (κ2) is 6.14. The first kappa shape index (κ1) is 16.3. The van der Waals surface area contributed by atoms with E-state index in [1.165, 1.54) is 17.0 Å². The Morgan fingerprint density at radius 3 is 2.79 bits per heavy atom. The predicted molar refractivity (Wildman–Crippen MR) is 84.4 cm³/mol. The van der Waals surface area contributed by atoms with Crippen LogP contribution < -0.4 is 4.90 Å². The van der Waals surface area contributed by atoms with Gasteiger partial charge in [0, 0.05) is 37.1 Å². The van der Waals surface area contributed by atoms with Crippen molar-refractivity contribution in [1.82, 2.24) is 9.78 Å². The highest BCUT2D eigenvalue weighted by molar-refractivity contribution is 6.04. The summed E-state index contributed by atoms with van der Waals surface area (Å²) in [5.74, 6) is -0.250. The van der Waals surface area contributed by atoms with Crippen LogP contribution in [0.5, 0.6) is 0 Å². The number of aromatic nitrogens is 2. The highest BCUT2D eigenvalue weighted by atomic mass is 19.4. The van der Waals surface area contributed by atoms with Gasteiger partial charge in [-0.1, -0.05) is 0 Å².